The van der Waals surface area contributed by atoms with E-state index in [9.17, 15) is 14.0 Å². The molecule has 6 heteroatoms. The molecule has 2 aromatic rings. The van der Waals surface area contributed by atoms with Crippen LogP contribution in [-0.2, 0) is 9.53 Å². The Kier molecular flexibility index (Phi) is 4.46. The minimum absolute atomic E-state index is 0.00163. The van der Waals surface area contributed by atoms with Crippen LogP contribution in [0, 0.1) is 12.7 Å². The van der Waals surface area contributed by atoms with Gasteiger partial charge in [0.1, 0.15) is 16.8 Å². The molecule has 2 aromatic carbocycles. The van der Waals surface area contributed by atoms with Gasteiger partial charge in [-0.3, -0.25) is 9.69 Å². The summed E-state index contributed by atoms with van der Waals surface area (Å²) in [5.74, 6) is -0.271. The standard InChI is InChI=1S/C21H20FNO3S/c1-13-11-15(20(25)26-21(2)9-10-21)5-8-17(13)23-18(24)12-27-19(23)14-3-6-16(22)7-4-14/h3-8,11,19H,9-10,12H2,1-2H3. The average molecular weight is 385 g/mol. The van der Waals surface area contributed by atoms with Crippen LogP contribution in [0.2, 0.25) is 0 Å². The first-order valence-electron chi connectivity index (χ1n) is 8.89. The SMILES string of the molecule is Cc1cc(C(=O)OC2(C)CC2)ccc1N1C(=O)CSC1c1ccc(F)cc1. The molecule has 1 saturated carbocycles. The molecule has 1 saturated heterocycles. The van der Waals surface area contributed by atoms with Crippen molar-refractivity contribution in [2.75, 3.05) is 10.7 Å². The van der Waals surface area contributed by atoms with Gasteiger partial charge in [0, 0.05) is 5.69 Å². The summed E-state index contributed by atoms with van der Waals surface area (Å²) in [6.45, 7) is 3.81. The van der Waals surface area contributed by atoms with Crippen LogP contribution in [0.15, 0.2) is 42.5 Å². The van der Waals surface area contributed by atoms with E-state index < -0.39 is 0 Å². The molecule has 1 atom stereocenters. The number of halogens is 1. The van der Waals surface area contributed by atoms with Gasteiger partial charge in [0.25, 0.3) is 0 Å². The van der Waals surface area contributed by atoms with Crippen LogP contribution >= 0.6 is 11.8 Å². The molecule has 1 amide bonds. The number of amides is 1. The second-order valence-electron chi connectivity index (χ2n) is 7.32. The molecule has 0 bridgehead atoms. The fourth-order valence-corrected chi connectivity index (χ4v) is 4.34. The number of benzene rings is 2. The Balaban J connectivity index is 1.61. The van der Waals surface area contributed by atoms with E-state index in [1.807, 2.05) is 13.8 Å². The highest BCUT2D eigenvalue weighted by atomic mass is 32.2. The van der Waals surface area contributed by atoms with Crippen molar-refractivity contribution >= 4 is 29.3 Å². The largest absolute Gasteiger partial charge is 0.456 e. The van der Waals surface area contributed by atoms with E-state index in [1.165, 1.54) is 23.9 Å². The monoisotopic (exact) mass is 385 g/mol. The number of hydrogen-bond acceptors (Lipinski definition) is 4. The van der Waals surface area contributed by atoms with Crippen molar-refractivity contribution in [3.63, 3.8) is 0 Å². The molecule has 0 aromatic heterocycles. The second kappa shape index (κ2) is 6.68. The van der Waals surface area contributed by atoms with Gasteiger partial charge < -0.3 is 4.74 Å². The molecule has 2 fully saturated rings. The van der Waals surface area contributed by atoms with E-state index in [2.05, 4.69) is 0 Å². The molecule has 1 unspecified atom stereocenters. The Morgan fingerprint density at radius 1 is 1.22 bits per heavy atom. The number of carbonyl (C=O) groups excluding carboxylic acids is 2. The zero-order valence-corrected chi connectivity index (χ0v) is 16.0. The maximum absolute atomic E-state index is 13.2. The zero-order valence-electron chi connectivity index (χ0n) is 15.2. The van der Waals surface area contributed by atoms with Crippen molar-refractivity contribution in [1.82, 2.24) is 0 Å². The molecule has 2 aliphatic rings. The maximum atomic E-state index is 13.2. The number of esters is 1. The van der Waals surface area contributed by atoms with Crippen LogP contribution in [0.25, 0.3) is 0 Å². The first-order valence-corrected chi connectivity index (χ1v) is 9.94. The summed E-state index contributed by atoms with van der Waals surface area (Å²) in [5.41, 5.74) is 2.62. The van der Waals surface area contributed by atoms with Crippen LogP contribution in [-0.4, -0.2) is 23.2 Å². The van der Waals surface area contributed by atoms with Gasteiger partial charge in [0.05, 0.1) is 11.3 Å². The number of rotatable bonds is 4. The third-order valence-electron chi connectivity index (χ3n) is 5.01. The smallest absolute Gasteiger partial charge is 0.338 e. The molecule has 1 aliphatic carbocycles. The molecule has 4 nitrogen and oxygen atoms in total. The summed E-state index contributed by atoms with van der Waals surface area (Å²) in [7, 11) is 0. The van der Waals surface area contributed by atoms with Crippen molar-refractivity contribution in [2.45, 2.75) is 37.7 Å². The first-order chi connectivity index (χ1) is 12.9. The number of carbonyl (C=O) groups is 2. The van der Waals surface area contributed by atoms with Crippen LogP contribution < -0.4 is 4.90 Å². The Bertz CT molecular complexity index is 908. The van der Waals surface area contributed by atoms with E-state index in [0.29, 0.717) is 11.3 Å². The van der Waals surface area contributed by atoms with Gasteiger partial charge in [-0.2, -0.15) is 0 Å². The fraction of sp³-hybridized carbons (Fsp3) is 0.333. The lowest BCUT2D eigenvalue weighted by molar-refractivity contribution is -0.115. The molecular weight excluding hydrogens is 365 g/mol. The van der Waals surface area contributed by atoms with Gasteiger partial charge in [0.15, 0.2) is 0 Å². The Morgan fingerprint density at radius 3 is 2.56 bits per heavy atom. The predicted molar refractivity (Wildman–Crippen MR) is 103 cm³/mol. The number of anilines is 1. The maximum Gasteiger partial charge on any atom is 0.338 e. The van der Waals surface area contributed by atoms with Crippen molar-refractivity contribution < 1.29 is 18.7 Å². The lowest BCUT2D eigenvalue weighted by Gasteiger charge is -2.26. The van der Waals surface area contributed by atoms with E-state index in [1.54, 1.807) is 35.2 Å². The Labute approximate surface area is 161 Å². The third kappa shape index (κ3) is 3.58. The topological polar surface area (TPSA) is 46.6 Å². The van der Waals surface area contributed by atoms with E-state index in [4.69, 9.17) is 4.74 Å². The lowest BCUT2D eigenvalue weighted by atomic mass is 10.1. The van der Waals surface area contributed by atoms with Crippen molar-refractivity contribution in [3.8, 4) is 0 Å². The predicted octanol–water partition coefficient (Wildman–Crippen LogP) is 4.62. The highest BCUT2D eigenvalue weighted by Gasteiger charge is 2.42. The van der Waals surface area contributed by atoms with Gasteiger partial charge in [-0.25, -0.2) is 9.18 Å². The van der Waals surface area contributed by atoms with Crippen molar-refractivity contribution in [3.05, 3.63) is 65.0 Å². The summed E-state index contributed by atoms with van der Waals surface area (Å²) >= 11 is 1.51. The van der Waals surface area contributed by atoms with E-state index >= 15 is 0 Å². The van der Waals surface area contributed by atoms with Gasteiger partial charge in [-0.15, -0.1) is 11.8 Å². The molecule has 1 heterocycles. The van der Waals surface area contributed by atoms with E-state index in [0.717, 1.165) is 29.7 Å². The average Bonchev–Trinajstić information content (AvgIpc) is 3.24. The lowest BCUT2D eigenvalue weighted by Crippen LogP contribution is -2.28. The van der Waals surface area contributed by atoms with Crippen molar-refractivity contribution in [1.29, 1.82) is 0 Å². The molecule has 1 aliphatic heterocycles. The summed E-state index contributed by atoms with van der Waals surface area (Å²) in [5, 5.41) is -0.208. The summed E-state index contributed by atoms with van der Waals surface area (Å²) in [6, 6.07) is 11.5. The highest BCUT2D eigenvalue weighted by molar-refractivity contribution is 8.00. The molecular formula is C21H20FNO3S. The summed E-state index contributed by atoms with van der Waals surface area (Å²) < 4.78 is 18.8. The number of nitrogens with zero attached hydrogens (tertiary/aromatic N) is 1. The first kappa shape index (κ1) is 18.0. The summed E-state index contributed by atoms with van der Waals surface area (Å²) in [6.07, 6.45) is 1.79. The van der Waals surface area contributed by atoms with Crippen LogP contribution in [0.3, 0.4) is 0 Å². The zero-order chi connectivity index (χ0) is 19.2. The molecule has 0 N–H and O–H groups in total. The van der Waals surface area contributed by atoms with Gasteiger partial charge in [-0.05, 0) is 68.1 Å². The molecule has 0 radical (unpaired) electrons. The second-order valence-corrected chi connectivity index (χ2v) is 8.39. The Morgan fingerprint density at radius 2 is 1.93 bits per heavy atom. The minimum atomic E-state index is -0.332. The van der Waals surface area contributed by atoms with Crippen LogP contribution in [0.1, 0.15) is 46.6 Å². The number of thioether (sulfide) groups is 1. The van der Waals surface area contributed by atoms with Gasteiger partial charge >= 0.3 is 5.97 Å². The van der Waals surface area contributed by atoms with Gasteiger partial charge in [-0.1, -0.05) is 12.1 Å². The molecule has 27 heavy (non-hydrogen) atoms. The molecule has 140 valence electrons. The van der Waals surface area contributed by atoms with Crippen LogP contribution in [0.4, 0.5) is 10.1 Å². The third-order valence-corrected chi connectivity index (χ3v) is 6.22. The number of hydrogen-bond donors (Lipinski definition) is 0. The number of ether oxygens (including phenoxy) is 1. The molecule has 0 spiro atoms. The molecule has 4 rings (SSSR count). The highest BCUT2D eigenvalue weighted by Crippen LogP contribution is 2.43. The number of aryl methyl sites for hydroxylation is 1. The quantitative estimate of drug-likeness (QED) is 0.721. The van der Waals surface area contributed by atoms with E-state index in [-0.39, 0.29) is 28.7 Å². The normalized spacial score (nSPS) is 20.6. The van der Waals surface area contributed by atoms with Gasteiger partial charge in [0.2, 0.25) is 5.91 Å². The minimum Gasteiger partial charge on any atom is -0.456 e. The Hall–Kier alpha value is -2.34. The van der Waals surface area contributed by atoms with Crippen LogP contribution in [0.5, 0.6) is 0 Å². The summed E-state index contributed by atoms with van der Waals surface area (Å²) in [4.78, 5) is 26.6. The van der Waals surface area contributed by atoms with Crippen molar-refractivity contribution in [2.24, 2.45) is 0 Å². The fourth-order valence-electron chi connectivity index (χ4n) is 3.17.